The van der Waals surface area contributed by atoms with Crippen LogP contribution in [0.25, 0.3) is 0 Å². The van der Waals surface area contributed by atoms with E-state index < -0.39 is 12.0 Å². The molecule has 2 rings (SSSR count). The number of aliphatic carboxylic acids is 1. The molecule has 5 heteroatoms. The van der Waals surface area contributed by atoms with E-state index in [-0.39, 0.29) is 12.5 Å². The topological polar surface area (TPSA) is 60.9 Å². The number of benzene rings is 1. The Bertz CT molecular complexity index is 475. The zero-order chi connectivity index (χ0) is 14.5. The fourth-order valence-electron chi connectivity index (χ4n) is 2.53. The fraction of sp³-hybridized carbons (Fsp3) is 0.467. The highest BCUT2D eigenvalue weighted by molar-refractivity contribution is 5.80. The van der Waals surface area contributed by atoms with E-state index >= 15 is 0 Å². The van der Waals surface area contributed by atoms with Gasteiger partial charge in [-0.05, 0) is 24.9 Å². The molecule has 20 heavy (non-hydrogen) atoms. The second-order valence-corrected chi connectivity index (χ2v) is 5.20. The Hall–Kier alpha value is -1.88. The zero-order valence-electron chi connectivity index (χ0n) is 11.7. The fourth-order valence-corrected chi connectivity index (χ4v) is 2.53. The molecule has 0 unspecified atom stereocenters. The normalized spacial score (nSPS) is 18.9. The molecule has 0 bridgehead atoms. The van der Waals surface area contributed by atoms with E-state index in [1.165, 1.54) is 0 Å². The molecule has 1 heterocycles. The molecule has 0 aliphatic carbocycles. The molecule has 0 spiro atoms. The first-order valence-corrected chi connectivity index (χ1v) is 6.82. The second kappa shape index (κ2) is 6.52. The van der Waals surface area contributed by atoms with E-state index in [9.17, 15) is 9.59 Å². The summed E-state index contributed by atoms with van der Waals surface area (Å²) in [5, 5.41) is 9.10. The number of nitrogens with zero attached hydrogens (tertiary/aromatic N) is 2. The molecule has 1 saturated heterocycles. The van der Waals surface area contributed by atoms with Crippen molar-refractivity contribution in [2.75, 3.05) is 20.1 Å². The van der Waals surface area contributed by atoms with E-state index in [1.807, 2.05) is 30.3 Å². The predicted octanol–water partition coefficient (Wildman–Crippen LogP) is 1.19. The van der Waals surface area contributed by atoms with Crippen molar-refractivity contribution in [3.05, 3.63) is 35.9 Å². The maximum Gasteiger partial charge on any atom is 0.320 e. The van der Waals surface area contributed by atoms with Gasteiger partial charge in [-0.3, -0.25) is 14.5 Å². The monoisotopic (exact) mass is 276 g/mol. The lowest BCUT2D eigenvalue weighted by atomic mass is 10.2. The second-order valence-electron chi connectivity index (χ2n) is 5.20. The first-order chi connectivity index (χ1) is 9.58. The zero-order valence-corrected chi connectivity index (χ0v) is 11.7. The van der Waals surface area contributed by atoms with Crippen molar-refractivity contribution < 1.29 is 14.7 Å². The lowest BCUT2D eigenvalue weighted by Gasteiger charge is -2.24. The van der Waals surface area contributed by atoms with E-state index in [1.54, 1.807) is 16.8 Å². The molecule has 1 aromatic carbocycles. The maximum atomic E-state index is 12.2. The van der Waals surface area contributed by atoms with Crippen LogP contribution in [0.3, 0.4) is 0 Å². The molecular weight excluding hydrogens is 256 g/mol. The van der Waals surface area contributed by atoms with Crippen molar-refractivity contribution >= 4 is 11.9 Å². The lowest BCUT2D eigenvalue weighted by molar-refractivity contribution is -0.143. The van der Waals surface area contributed by atoms with Crippen LogP contribution >= 0.6 is 0 Å². The van der Waals surface area contributed by atoms with Gasteiger partial charge in [0.1, 0.15) is 6.04 Å². The summed E-state index contributed by atoms with van der Waals surface area (Å²) in [5.74, 6) is -0.872. The van der Waals surface area contributed by atoms with Crippen LogP contribution in [0.2, 0.25) is 0 Å². The van der Waals surface area contributed by atoms with Gasteiger partial charge in [0.15, 0.2) is 0 Å². The molecule has 1 N–H and O–H groups in total. The Morgan fingerprint density at radius 3 is 2.70 bits per heavy atom. The van der Waals surface area contributed by atoms with Gasteiger partial charge in [0, 0.05) is 13.6 Å². The van der Waals surface area contributed by atoms with Crippen molar-refractivity contribution in [3.8, 4) is 0 Å². The summed E-state index contributed by atoms with van der Waals surface area (Å²) in [6.45, 7) is 1.41. The molecule has 1 aliphatic rings. The first-order valence-electron chi connectivity index (χ1n) is 6.82. The molecule has 1 fully saturated rings. The van der Waals surface area contributed by atoms with Gasteiger partial charge < -0.3 is 10.0 Å². The van der Waals surface area contributed by atoms with Crippen LogP contribution < -0.4 is 0 Å². The van der Waals surface area contributed by atoms with E-state index in [2.05, 4.69) is 0 Å². The van der Waals surface area contributed by atoms with Crippen molar-refractivity contribution in [1.82, 2.24) is 9.80 Å². The maximum absolute atomic E-state index is 12.2. The Labute approximate surface area is 118 Å². The van der Waals surface area contributed by atoms with Gasteiger partial charge in [0.05, 0.1) is 6.54 Å². The smallest absolute Gasteiger partial charge is 0.320 e. The van der Waals surface area contributed by atoms with Crippen molar-refractivity contribution in [2.24, 2.45) is 0 Å². The van der Waals surface area contributed by atoms with Crippen LogP contribution in [0.5, 0.6) is 0 Å². The molecule has 5 nitrogen and oxygen atoms in total. The van der Waals surface area contributed by atoms with Gasteiger partial charge in [-0.15, -0.1) is 0 Å². The third-order valence-electron chi connectivity index (χ3n) is 3.68. The number of hydrogen-bond acceptors (Lipinski definition) is 3. The molecule has 1 aromatic rings. The van der Waals surface area contributed by atoms with Gasteiger partial charge in [0.2, 0.25) is 5.91 Å². The summed E-state index contributed by atoms with van der Waals surface area (Å²) in [5.41, 5.74) is 1.07. The number of rotatable bonds is 5. The van der Waals surface area contributed by atoms with Crippen molar-refractivity contribution in [3.63, 3.8) is 0 Å². The third kappa shape index (κ3) is 3.57. The van der Waals surface area contributed by atoms with E-state index in [4.69, 9.17) is 5.11 Å². The summed E-state index contributed by atoms with van der Waals surface area (Å²) in [7, 11) is 1.75. The van der Waals surface area contributed by atoms with Crippen LogP contribution in [-0.4, -0.2) is 53.0 Å². The third-order valence-corrected chi connectivity index (χ3v) is 3.68. The molecule has 1 aliphatic heterocycles. The Balaban J connectivity index is 1.89. The minimum Gasteiger partial charge on any atom is -0.480 e. The highest BCUT2D eigenvalue weighted by Gasteiger charge is 2.32. The molecule has 0 saturated carbocycles. The lowest BCUT2D eigenvalue weighted by Crippen LogP contribution is -2.43. The number of likely N-dealkylation sites (N-methyl/N-ethyl adjacent to an activating group) is 1. The van der Waals surface area contributed by atoms with Crippen LogP contribution in [0.4, 0.5) is 0 Å². The number of carbonyl (C=O) groups is 2. The van der Waals surface area contributed by atoms with Crippen molar-refractivity contribution in [1.29, 1.82) is 0 Å². The summed E-state index contributed by atoms with van der Waals surface area (Å²) < 4.78 is 0. The first kappa shape index (κ1) is 14.5. The van der Waals surface area contributed by atoms with Gasteiger partial charge in [0.25, 0.3) is 0 Å². The average molecular weight is 276 g/mol. The Morgan fingerprint density at radius 1 is 1.35 bits per heavy atom. The van der Waals surface area contributed by atoms with Crippen LogP contribution in [-0.2, 0) is 16.1 Å². The van der Waals surface area contributed by atoms with Gasteiger partial charge in [-0.1, -0.05) is 30.3 Å². The SMILES string of the molecule is CN(Cc1ccccc1)C(=O)CN1CCC[C@H]1C(=O)O. The molecule has 0 radical (unpaired) electrons. The number of carboxylic acid groups (broad SMARTS) is 1. The largest absolute Gasteiger partial charge is 0.480 e. The van der Waals surface area contributed by atoms with Gasteiger partial charge >= 0.3 is 5.97 Å². The van der Waals surface area contributed by atoms with Crippen LogP contribution in [0, 0.1) is 0 Å². The Kier molecular flexibility index (Phi) is 4.74. The predicted molar refractivity (Wildman–Crippen MR) is 75.1 cm³/mol. The van der Waals surface area contributed by atoms with Crippen LogP contribution in [0.1, 0.15) is 18.4 Å². The van der Waals surface area contributed by atoms with Gasteiger partial charge in [-0.2, -0.15) is 0 Å². The minimum absolute atomic E-state index is 0.0398. The summed E-state index contributed by atoms with van der Waals surface area (Å²) >= 11 is 0. The quantitative estimate of drug-likeness (QED) is 0.877. The number of carbonyl (C=O) groups excluding carboxylic acids is 1. The summed E-state index contributed by atoms with van der Waals surface area (Å²) in [4.78, 5) is 26.7. The number of amides is 1. The molecule has 1 atom stereocenters. The standard InChI is InChI=1S/C15H20N2O3/c1-16(10-12-6-3-2-4-7-12)14(18)11-17-9-5-8-13(17)15(19)20/h2-4,6-7,13H,5,8-11H2,1H3,(H,19,20)/t13-/m0/s1. The van der Waals surface area contributed by atoms with Crippen LogP contribution in [0.15, 0.2) is 30.3 Å². The average Bonchev–Trinajstić information content (AvgIpc) is 2.88. The molecule has 0 aromatic heterocycles. The van der Waals surface area contributed by atoms with Gasteiger partial charge in [-0.25, -0.2) is 0 Å². The van der Waals surface area contributed by atoms with E-state index in [0.29, 0.717) is 19.5 Å². The number of hydrogen-bond donors (Lipinski definition) is 1. The Morgan fingerprint density at radius 2 is 2.05 bits per heavy atom. The molecule has 108 valence electrons. The molecular formula is C15H20N2O3. The number of likely N-dealkylation sites (tertiary alicyclic amines) is 1. The summed E-state index contributed by atoms with van der Waals surface area (Å²) in [6, 6.07) is 9.25. The van der Waals surface area contributed by atoms with E-state index in [0.717, 1.165) is 12.0 Å². The summed E-state index contributed by atoms with van der Waals surface area (Å²) in [6.07, 6.45) is 1.47. The molecule has 1 amide bonds. The minimum atomic E-state index is -0.832. The highest BCUT2D eigenvalue weighted by atomic mass is 16.4. The highest BCUT2D eigenvalue weighted by Crippen LogP contribution is 2.17. The number of carboxylic acids is 1. The van der Waals surface area contributed by atoms with Crippen molar-refractivity contribution in [2.45, 2.75) is 25.4 Å².